The fraction of sp³-hybridized carbons (Fsp3) is 0.462. The first-order chi connectivity index (χ1) is 9.31. The predicted octanol–water partition coefficient (Wildman–Crippen LogP) is 2.19. The minimum absolute atomic E-state index is 0.658. The summed E-state index contributed by atoms with van der Waals surface area (Å²) < 4.78 is 7.35. The van der Waals surface area contributed by atoms with Gasteiger partial charge < -0.3 is 10.1 Å². The van der Waals surface area contributed by atoms with Gasteiger partial charge in [-0.05, 0) is 19.4 Å². The largest absolute Gasteiger partial charge is 0.491 e. The van der Waals surface area contributed by atoms with E-state index in [0.29, 0.717) is 5.75 Å². The van der Waals surface area contributed by atoms with E-state index in [1.807, 2.05) is 17.7 Å². The molecule has 0 aromatic carbocycles. The second-order valence-corrected chi connectivity index (χ2v) is 4.06. The van der Waals surface area contributed by atoms with E-state index in [0.717, 1.165) is 36.7 Å². The van der Waals surface area contributed by atoms with Crippen LogP contribution in [0.1, 0.15) is 20.3 Å². The number of hydrogen-bond donors (Lipinski definition) is 1. The number of nitrogens with zero attached hydrogens (tertiary/aromatic N) is 4. The maximum atomic E-state index is 5.47. The number of aryl methyl sites for hydroxylation is 1. The van der Waals surface area contributed by atoms with Crippen LogP contribution in [0.2, 0.25) is 0 Å². The van der Waals surface area contributed by atoms with Crippen LogP contribution in [0.3, 0.4) is 0 Å². The van der Waals surface area contributed by atoms with E-state index in [9.17, 15) is 0 Å². The molecule has 0 aliphatic carbocycles. The lowest BCUT2D eigenvalue weighted by Crippen LogP contribution is -2.07. The number of ether oxygens (including phenoxy) is 1. The van der Waals surface area contributed by atoms with Crippen molar-refractivity contribution in [1.82, 2.24) is 19.7 Å². The van der Waals surface area contributed by atoms with Gasteiger partial charge in [0.2, 0.25) is 0 Å². The predicted molar refractivity (Wildman–Crippen MR) is 74.3 cm³/mol. The van der Waals surface area contributed by atoms with Crippen LogP contribution >= 0.6 is 0 Å². The Labute approximate surface area is 112 Å². The van der Waals surface area contributed by atoms with E-state index in [1.165, 1.54) is 0 Å². The molecule has 1 N–H and O–H groups in total. The smallest absolute Gasteiger partial charge is 0.189 e. The molecule has 19 heavy (non-hydrogen) atoms. The van der Waals surface area contributed by atoms with E-state index in [2.05, 4.69) is 27.3 Å². The first kappa shape index (κ1) is 13.3. The first-order valence-electron chi connectivity index (χ1n) is 6.46. The zero-order chi connectivity index (χ0) is 13.7. The quantitative estimate of drug-likeness (QED) is 0.863. The number of rotatable bonds is 6. The van der Waals surface area contributed by atoms with Crippen molar-refractivity contribution >= 4 is 5.82 Å². The third-order valence-electron chi connectivity index (χ3n) is 2.81. The zero-order valence-corrected chi connectivity index (χ0v) is 11.6. The fourth-order valence-electron chi connectivity index (χ4n) is 1.90. The summed E-state index contributed by atoms with van der Waals surface area (Å²) in [5.41, 5.74) is 1.69. The van der Waals surface area contributed by atoms with E-state index in [4.69, 9.17) is 4.74 Å². The Morgan fingerprint density at radius 3 is 2.84 bits per heavy atom. The van der Waals surface area contributed by atoms with Crippen molar-refractivity contribution in [3.63, 3.8) is 0 Å². The van der Waals surface area contributed by atoms with Gasteiger partial charge in [0.1, 0.15) is 12.0 Å². The van der Waals surface area contributed by atoms with Crippen LogP contribution in [0.4, 0.5) is 5.82 Å². The topological polar surface area (TPSA) is 64.9 Å². The minimum atomic E-state index is 0.658. The van der Waals surface area contributed by atoms with Crippen molar-refractivity contribution < 1.29 is 4.74 Å². The number of hydrogen-bond acceptors (Lipinski definition) is 5. The molecule has 2 aromatic rings. The summed E-state index contributed by atoms with van der Waals surface area (Å²) in [4.78, 5) is 8.57. The molecule has 6 heteroatoms. The highest BCUT2D eigenvalue weighted by Crippen LogP contribution is 2.32. The molecule has 0 saturated carbocycles. The minimum Gasteiger partial charge on any atom is -0.491 e. The monoisotopic (exact) mass is 261 g/mol. The van der Waals surface area contributed by atoms with Gasteiger partial charge in [-0.25, -0.2) is 9.97 Å². The molecular formula is C13H19N5O. The van der Waals surface area contributed by atoms with Gasteiger partial charge in [0.25, 0.3) is 0 Å². The van der Waals surface area contributed by atoms with Gasteiger partial charge in [-0.1, -0.05) is 6.92 Å². The lowest BCUT2D eigenvalue weighted by atomic mass is 10.2. The second-order valence-electron chi connectivity index (χ2n) is 4.06. The van der Waals surface area contributed by atoms with Crippen LogP contribution in [-0.2, 0) is 6.54 Å². The molecule has 0 bridgehead atoms. The van der Waals surface area contributed by atoms with Gasteiger partial charge in [-0.3, -0.25) is 4.68 Å². The van der Waals surface area contributed by atoms with Gasteiger partial charge in [0.15, 0.2) is 11.6 Å². The third kappa shape index (κ3) is 2.67. The van der Waals surface area contributed by atoms with Crippen LogP contribution in [0, 0.1) is 0 Å². The van der Waals surface area contributed by atoms with Gasteiger partial charge in [0.05, 0.1) is 12.8 Å². The fourth-order valence-corrected chi connectivity index (χ4v) is 1.90. The Hall–Kier alpha value is -2.11. The average Bonchev–Trinajstić information content (AvgIpc) is 2.92. The molecule has 0 aliphatic rings. The van der Waals surface area contributed by atoms with Crippen molar-refractivity contribution in [3.05, 3.63) is 18.6 Å². The Morgan fingerprint density at radius 1 is 1.32 bits per heavy atom. The number of anilines is 1. The van der Waals surface area contributed by atoms with Gasteiger partial charge in [0, 0.05) is 19.3 Å². The highest BCUT2D eigenvalue weighted by Gasteiger charge is 2.16. The summed E-state index contributed by atoms with van der Waals surface area (Å²) >= 11 is 0. The highest BCUT2D eigenvalue weighted by molar-refractivity contribution is 5.70. The molecule has 2 heterocycles. The number of aromatic nitrogens is 4. The summed E-state index contributed by atoms with van der Waals surface area (Å²) in [7, 11) is 1.63. The van der Waals surface area contributed by atoms with E-state index >= 15 is 0 Å². The van der Waals surface area contributed by atoms with Gasteiger partial charge >= 0.3 is 0 Å². The molecule has 0 aliphatic heterocycles. The standard InChI is InChI=1S/C13H19N5O/c1-4-7-14-13-12(19-3)11(15-9-16-13)10-6-8-17-18(10)5-2/h6,8-9H,4-5,7H2,1-3H3,(H,14,15,16). The summed E-state index contributed by atoms with van der Waals surface area (Å²) in [5, 5.41) is 7.51. The lowest BCUT2D eigenvalue weighted by Gasteiger charge is -2.13. The second kappa shape index (κ2) is 6.17. The van der Waals surface area contributed by atoms with E-state index in [1.54, 1.807) is 19.6 Å². The van der Waals surface area contributed by atoms with E-state index < -0.39 is 0 Å². The van der Waals surface area contributed by atoms with Gasteiger partial charge in [-0.2, -0.15) is 5.10 Å². The van der Waals surface area contributed by atoms with Crippen LogP contribution in [0.5, 0.6) is 5.75 Å². The molecular weight excluding hydrogens is 242 g/mol. The molecule has 0 atom stereocenters. The summed E-state index contributed by atoms with van der Waals surface area (Å²) in [6, 6.07) is 1.93. The van der Waals surface area contributed by atoms with Crippen molar-refractivity contribution in [3.8, 4) is 17.1 Å². The maximum absolute atomic E-state index is 5.47. The highest BCUT2D eigenvalue weighted by atomic mass is 16.5. The Balaban J connectivity index is 2.45. The normalized spacial score (nSPS) is 10.5. The van der Waals surface area contributed by atoms with Crippen LogP contribution in [0.25, 0.3) is 11.4 Å². The van der Waals surface area contributed by atoms with Crippen LogP contribution < -0.4 is 10.1 Å². The molecule has 0 amide bonds. The Bertz CT molecular complexity index is 538. The molecule has 6 nitrogen and oxygen atoms in total. The first-order valence-corrected chi connectivity index (χ1v) is 6.46. The van der Waals surface area contributed by atoms with Crippen LogP contribution in [0.15, 0.2) is 18.6 Å². The van der Waals surface area contributed by atoms with Crippen molar-refractivity contribution in [2.75, 3.05) is 19.0 Å². The maximum Gasteiger partial charge on any atom is 0.189 e. The zero-order valence-electron chi connectivity index (χ0n) is 11.6. The molecule has 0 fully saturated rings. The Kier molecular flexibility index (Phi) is 4.33. The molecule has 0 radical (unpaired) electrons. The Morgan fingerprint density at radius 2 is 2.16 bits per heavy atom. The molecule has 2 rings (SSSR count). The summed E-state index contributed by atoms with van der Waals surface area (Å²) in [5.74, 6) is 1.38. The molecule has 0 spiro atoms. The van der Waals surface area contributed by atoms with Crippen LogP contribution in [-0.4, -0.2) is 33.4 Å². The third-order valence-corrected chi connectivity index (χ3v) is 2.81. The van der Waals surface area contributed by atoms with Crippen molar-refractivity contribution in [2.24, 2.45) is 0 Å². The molecule has 102 valence electrons. The SMILES string of the molecule is CCCNc1ncnc(-c2ccnn2CC)c1OC. The number of nitrogens with one attached hydrogen (secondary N) is 1. The van der Waals surface area contributed by atoms with Crippen molar-refractivity contribution in [2.45, 2.75) is 26.8 Å². The summed E-state index contributed by atoms with van der Waals surface area (Å²) in [6.07, 6.45) is 4.33. The van der Waals surface area contributed by atoms with E-state index in [-0.39, 0.29) is 0 Å². The molecule has 2 aromatic heterocycles. The molecule has 0 saturated heterocycles. The summed E-state index contributed by atoms with van der Waals surface area (Å²) in [6.45, 7) is 5.78. The molecule has 0 unspecified atom stereocenters. The van der Waals surface area contributed by atoms with Gasteiger partial charge in [-0.15, -0.1) is 0 Å². The number of methoxy groups -OCH3 is 1. The average molecular weight is 261 g/mol. The lowest BCUT2D eigenvalue weighted by molar-refractivity contribution is 0.414. The van der Waals surface area contributed by atoms with Crippen molar-refractivity contribution in [1.29, 1.82) is 0 Å².